The average molecular weight is 395 g/mol. The van der Waals surface area contributed by atoms with Gasteiger partial charge in [0, 0.05) is 11.3 Å². The number of unbranched alkanes of at least 4 members (excludes halogenated alkanes) is 1. The summed E-state index contributed by atoms with van der Waals surface area (Å²) < 4.78 is 11.0. The highest BCUT2D eigenvalue weighted by molar-refractivity contribution is 5.90. The molecule has 0 aliphatic heterocycles. The Kier molecular flexibility index (Phi) is 7.16. The maximum absolute atomic E-state index is 12.2. The van der Waals surface area contributed by atoms with Gasteiger partial charge in [-0.05, 0) is 67.1 Å². The molecular formula is C21H25N5O3. The first kappa shape index (κ1) is 20.3. The molecule has 2 aromatic carbocycles. The molecule has 0 unspecified atom stereocenters. The van der Waals surface area contributed by atoms with Crippen LogP contribution in [0.5, 0.6) is 11.5 Å². The Hall–Kier alpha value is -3.42. The molecule has 0 spiro atoms. The third kappa shape index (κ3) is 6.03. The second-order valence-electron chi connectivity index (χ2n) is 6.38. The van der Waals surface area contributed by atoms with E-state index < -0.39 is 0 Å². The van der Waals surface area contributed by atoms with Crippen molar-refractivity contribution in [3.05, 3.63) is 48.5 Å². The van der Waals surface area contributed by atoms with Crippen LogP contribution in [0.2, 0.25) is 0 Å². The van der Waals surface area contributed by atoms with Crippen molar-refractivity contribution < 1.29 is 14.3 Å². The molecule has 1 aromatic heterocycles. The maximum atomic E-state index is 12.2. The van der Waals surface area contributed by atoms with Gasteiger partial charge >= 0.3 is 0 Å². The maximum Gasteiger partial charge on any atom is 0.248 e. The van der Waals surface area contributed by atoms with Gasteiger partial charge in [-0.25, -0.2) is 0 Å². The highest BCUT2D eigenvalue weighted by atomic mass is 16.5. The summed E-state index contributed by atoms with van der Waals surface area (Å²) >= 11 is 0. The number of carbonyl (C=O) groups is 1. The van der Waals surface area contributed by atoms with E-state index >= 15 is 0 Å². The van der Waals surface area contributed by atoms with Crippen LogP contribution in [0, 0.1) is 0 Å². The lowest BCUT2D eigenvalue weighted by Gasteiger charge is -2.06. The number of amides is 1. The molecule has 0 radical (unpaired) electrons. The van der Waals surface area contributed by atoms with Crippen molar-refractivity contribution in [2.75, 3.05) is 18.5 Å². The average Bonchev–Trinajstić information content (AvgIpc) is 3.19. The fraction of sp³-hybridized carbons (Fsp3) is 0.333. The van der Waals surface area contributed by atoms with E-state index in [2.05, 4.69) is 27.7 Å². The molecule has 1 N–H and O–H groups in total. The van der Waals surface area contributed by atoms with E-state index in [9.17, 15) is 4.79 Å². The standard InChI is InChI=1S/C21H25N5O3/c1-3-5-14-29-19-10-6-16(7-11-19)21-23-25-26(24-21)15-20(27)22-17-8-12-18(13-9-17)28-4-2/h6-13H,3-5,14-15H2,1-2H3,(H,22,27). The van der Waals surface area contributed by atoms with E-state index in [4.69, 9.17) is 9.47 Å². The molecule has 0 bridgehead atoms. The number of rotatable bonds is 10. The van der Waals surface area contributed by atoms with Gasteiger partial charge in [0.2, 0.25) is 11.7 Å². The number of ether oxygens (including phenoxy) is 2. The largest absolute Gasteiger partial charge is 0.494 e. The molecule has 0 aliphatic rings. The first-order valence-corrected chi connectivity index (χ1v) is 9.71. The van der Waals surface area contributed by atoms with Crippen LogP contribution >= 0.6 is 0 Å². The van der Waals surface area contributed by atoms with Crippen LogP contribution in [-0.4, -0.2) is 39.3 Å². The molecule has 0 saturated carbocycles. The predicted molar refractivity (Wildman–Crippen MR) is 110 cm³/mol. The quantitative estimate of drug-likeness (QED) is 0.528. The Balaban J connectivity index is 1.54. The number of anilines is 1. The summed E-state index contributed by atoms with van der Waals surface area (Å²) in [5, 5.41) is 15.1. The predicted octanol–water partition coefficient (Wildman–Crippen LogP) is 3.56. The van der Waals surface area contributed by atoms with Crippen LogP contribution in [0.1, 0.15) is 26.7 Å². The zero-order valence-electron chi connectivity index (χ0n) is 16.7. The fourth-order valence-corrected chi connectivity index (χ4v) is 2.59. The highest BCUT2D eigenvalue weighted by Crippen LogP contribution is 2.19. The number of hydrogen-bond donors (Lipinski definition) is 1. The summed E-state index contributed by atoms with van der Waals surface area (Å²) in [4.78, 5) is 13.5. The van der Waals surface area contributed by atoms with Crippen LogP contribution in [0.3, 0.4) is 0 Å². The smallest absolute Gasteiger partial charge is 0.248 e. The van der Waals surface area contributed by atoms with Crippen molar-refractivity contribution in [2.24, 2.45) is 0 Å². The highest BCUT2D eigenvalue weighted by Gasteiger charge is 2.10. The second-order valence-corrected chi connectivity index (χ2v) is 6.38. The molecule has 29 heavy (non-hydrogen) atoms. The van der Waals surface area contributed by atoms with Crippen molar-refractivity contribution in [3.63, 3.8) is 0 Å². The summed E-state index contributed by atoms with van der Waals surface area (Å²) in [5.74, 6) is 1.79. The van der Waals surface area contributed by atoms with Crippen LogP contribution in [0.25, 0.3) is 11.4 Å². The molecule has 8 nitrogen and oxygen atoms in total. The summed E-state index contributed by atoms with van der Waals surface area (Å²) in [6, 6.07) is 14.7. The summed E-state index contributed by atoms with van der Waals surface area (Å²) in [6.07, 6.45) is 2.12. The van der Waals surface area contributed by atoms with Crippen LogP contribution in [-0.2, 0) is 11.3 Å². The molecule has 0 saturated heterocycles. The topological polar surface area (TPSA) is 91.2 Å². The Morgan fingerprint density at radius 1 is 1.00 bits per heavy atom. The van der Waals surface area contributed by atoms with E-state index in [1.807, 2.05) is 31.2 Å². The lowest BCUT2D eigenvalue weighted by Crippen LogP contribution is -2.20. The third-order valence-corrected chi connectivity index (χ3v) is 4.07. The van der Waals surface area contributed by atoms with Gasteiger partial charge in [0.15, 0.2) is 0 Å². The number of nitrogens with zero attached hydrogens (tertiary/aromatic N) is 4. The van der Waals surface area contributed by atoms with Gasteiger partial charge in [-0.3, -0.25) is 4.79 Å². The van der Waals surface area contributed by atoms with E-state index in [0.717, 1.165) is 29.9 Å². The SMILES string of the molecule is CCCCOc1ccc(-c2nnn(CC(=O)Nc3ccc(OCC)cc3)n2)cc1. The lowest BCUT2D eigenvalue weighted by atomic mass is 10.2. The molecule has 8 heteroatoms. The van der Waals surface area contributed by atoms with Crippen LogP contribution < -0.4 is 14.8 Å². The minimum atomic E-state index is -0.238. The van der Waals surface area contributed by atoms with Gasteiger partial charge in [0.1, 0.15) is 18.0 Å². The number of benzene rings is 2. The summed E-state index contributed by atoms with van der Waals surface area (Å²) in [6.45, 7) is 5.32. The zero-order chi connectivity index (χ0) is 20.5. The first-order valence-electron chi connectivity index (χ1n) is 9.71. The van der Waals surface area contributed by atoms with Gasteiger partial charge in [-0.2, -0.15) is 4.80 Å². The van der Waals surface area contributed by atoms with Crippen molar-refractivity contribution >= 4 is 11.6 Å². The summed E-state index contributed by atoms with van der Waals surface area (Å²) in [5.41, 5.74) is 1.49. The van der Waals surface area contributed by atoms with Crippen LogP contribution in [0.4, 0.5) is 5.69 Å². The molecule has 1 heterocycles. The van der Waals surface area contributed by atoms with Crippen LogP contribution in [0.15, 0.2) is 48.5 Å². The number of carbonyl (C=O) groups excluding carboxylic acids is 1. The Labute approximate surface area is 169 Å². The number of aromatic nitrogens is 4. The van der Waals surface area contributed by atoms with Gasteiger partial charge in [0.05, 0.1) is 13.2 Å². The molecule has 0 atom stereocenters. The van der Waals surface area contributed by atoms with Gasteiger partial charge in [-0.15, -0.1) is 10.2 Å². The molecule has 3 aromatic rings. The monoisotopic (exact) mass is 395 g/mol. The first-order chi connectivity index (χ1) is 14.2. The Morgan fingerprint density at radius 3 is 2.38 bits per heavy atom. The molecule has 3 rings (SSSR count). The minimum Gasteiger partial charge on any atom is -0.494 e. The van der Waals surface area contributed by atoms with E-state index in [1.54, 1.807) is 24.3 Å². The summed E-state index contributed by atoms with van der Waals surface area (Å²) in [7, 11) is 0. The van der Waals surface area contributed by atoms with Gasteiger partial charge < -0.3 is 14.8 Å². The van der Waals surface area contributed by atoms with Crippen molar-refractivity contribution in [1.82, 2.24) is 20.2 Å². The number of nitrogens with one attached hydrogen (secondary N) is 1. The lowest BCUT2D eigenvalue weighted by molar-refractivity contribution is -0.117. The van der Waals surface area contributed by atoms with Crippen molar-refractivity contribution in [3.8, 4) is 22.9 Å². The Bertz CT molecular complexity index is 907. The fourth-order valence-electron chi connectivity index (χ4n) is 2.59. The van der Waals surface area contributed by atoms with Gasteiger partial charge in [0.25, 0.3) is 0 Å². The molecule has 0 fully saturated rings. The number of hydrogen-bond acceptors (Lipinski definition) is 6. The minimum absolute atomic E-state index is 0.0293. The third-order valence-electron chi connectivity index (χ3n) is 4.07. The van der Waals surface area contributed by atoms with E-state index in [1.165, 1.54) is 4.80 Å². The normalized spacial score (nSPS) is 10.6. The molecule has 152 valence electrons. The van der Waals surface area contributed by atoms with E-state index in [0.29, 0.717) is 24.7 Å². The zero-order valence-corrected chi connectivity index (χ0v) is 16.7. The molecule has 1 amide bonds. The second kappa shape index (κ2) is 10.2. The molecule has 0 aliphatic carbocycles. The van der Waals surface area contributed by atoms with E-state index in [-0.39, 0.29) is 12.5 Å². The van der Waals surface area contributed by atoms with Crippen molar-refractivity contribution in [1.29, 1.82) is 0 Å². The Morgan fingerprint density at radius 2 is 1.69 bits per heavy atom. The number of tetrazole rings is 1. The molecular weight excluding hydrogens is 370 g/mol. The van der Waals surface area contributed by atoms with Crippen molar-refractivity contribution in [2.45, 2.75) is 33.2 Å². The van der Waals surface area contributed by atoms with Gasteiger partial charge in [-0.1, -0.05) is 13.3 Å².